The molecule has 0 heterocycles. The Morgan fingerprint density at radius 1 is 0.850 bits per heavy atom. The van der Waals surface area contributed by atoms with Crippen LogP contribution in [0.4, 0.5) is 0 Å². The fraction of sp³-hybridized carbons (Fsp3) is 0.625. The summed E-state index contributed by atoms with van der Waals surface area (Å²) in [6.07, 6.45) is 0. The summed E-state index contributed by atoms with van der Waals surface area (Å²) >= 11 is 0. The van der Waals surface area contributed by atoms with Gasteiger partial charge >= 0.3 is 0 Å². The minimum absolute atomic E-state index is 0. The van der Waals surface area contributed by atoms with Gasteiger partial charge in [-0.1, -0.05) is 49.5 Å². The number of hydrogen-bond donors (Lipinski definition) is 0. The zero-order valence-electron chi connectivity index (χ0n) is 13.8. The second-order valence-electron chi connectivity index (χ2n) is 6.71. The average Bonchev–Trinajstić information content (AvgIpc) is 2.25. The molecule has 1 rings (SSSR count). The molecule has 0 saturated heterocycles. The maximum Gasteiger partial charge on any atom is 0.130 e. The Morgan fingerprint density at radius 2 is 1.35 bits per heavy atom. The van der Waals surface area contributed by atoms with E-state index in [0.717, 1.165) is 11.5 Å². The molecule has 0 fully saturated rings. The first-order valence-electron chi connectivity index (χ1n) is 6.63. The molecule has 0 amide bonds. The number of methoxy groups -OCH3 is 2. The molecule has 0 aliphatic carbocycles. The van der Waals surface area contributed by atoms with E-state index < -0.39 is 0 Å². The summed E-state index contributed by atoms with van der Waals surface area (Å²) < 4.78 is 10.9. The van der Waals surface area contributed by atoms with E-state index in [1.165, 1.54) is 5.30 Å². The van der Waals surface area contributed by atoms with Crippen LogP contribution in [0.15, 0.2) is 18.2 Å². The third-order valence-electron chi connectivity index (χ3n) is 2.97. The molecule has 20 heavy (non-hydrogen) atoms. The molecule has 0 radical (unpaired) electrons. The van der Waals surface area contributed by atoms with Crippen LogP contribution in [0.25, 0.3) is 0 Å². The van der Waals surface area contributed by atoms with E-state index >= 15 is 0 Å². The minimum atomic E-state index is -0.362. The first-order chi connectivity index (χ1) is 8.61. The molecular formula is C16H27O2PPd. The molecule has 0 N–H and O–H groups in total. The molecular weight excluding hydrogens is 362 g/mol. The zero-order chi connectivity index (χ0) is 14.8. The van der Waals surface area contributed by atoms with E-state index in [2.05, 4.69) is 47.6 Å². The quantitative estimate of drug-likeness (QED) is 0.564. The maximum atomic E-state index is 5.60. The molecule has 118 valence electrons. The SMILES string of the molecule is COc1ccc(P(C(C)(C)C)C(C)(C)C)c(OC)c1.[Pd]. The molecule has 4 heteroatoms. The van der Waals surface area contributed by atoms with Gasteiger partial charge in [-0.3, -0.25) is 0 Å². The Bertz CT molecular complexity index is 419. The fourth-order valence-corrected chi connectivity index (χ4v) is 6.76. The smallest absolute Gasteiger partial charge is 0.130 e. The predicted molar refractivity (Wildman–Crippen MR) is 85.6 cm³/mol. The first-order valence-corrected chi connectivity index (χ1v) is 7.98. The Labute approximate surface area is 139 Å². The minimum Gasteiger partial charge on any atom is -0.497 e. The van der Waals surface area contributed by atoms with Crippen molar-refractivity contribution in [1.82, 2.24) is 0 Å². The zero-order valence-corrected chi connectivity index (χ0v) is 16.3. The van der Waals surface area contributed by atoms with E-state index in [9.17, 15) is 0 Å². The average molecular weight is 389 g/mol. The largest absolute Gasteiger partial charge is 0.497 e. The molecule has 1 aromatic rings. The van der Waals surface area contributed by atoms with E-state index in [1.54, 1.807) is 14.2 Å². The van der Waals surface area contributed by atoms with E-state index in [-0.39, 0.29) is 38.7 Å². The van der Waals surface area contributed by atoms with Crippen molar-refractivity contribution >= 4 is 13.2 Å². The standard InChI is InChI=1S/C16H27O2P.Pd/c1-15(2,3)19(16(4,5)6)14-10-9-12(17-7)11-13(14)18-8;/h9-11H,1-8H3;. The second kappa shape index (κ2) is 7.26. The van der Waals surface area contributed by atoms with Crippen molar-refractivity contribution in [2.24, 2.45) is 0 Å². The summed E-state index contributed by atoms with van der Waals surface area (Å²) in [5, 5.41) is 1.78. The molecule has 0 aromatic heterocycles. The van der Waals surface area contributed by atoms with Gasteiger partial charge in [0, 0.05) is 31.8 Å². The van der Waals surface area contributed by atoms with Crippen LogP contribution in [-0.4, -0.2) is 24.5 Å². The van der Waals surface area contributed by atoms with Crippen LogP contribution in [0, 0.1) is 0 Å². The number of ether oxygens (including phenoxy) is 2. The van der Waals surface area contributed by atoms with Gasteiger partial charge < -0.3 is 9.47 Å². The van der Waals surface area contributed by atoms with Gasteiger partial charge in [-0.25, -0.2) is 0 Å². The Kier molecular flexibility index (Phi) is 7.23. The molecule has 0 spiro atoms. The topological polar surface area (TPSA) is 18.5 Å². The molecule has 0 saturated carbocycles. The summed E-state index contributed by atoms with van der Waals surface area (Å²) in [6.45, 7) is 13.9. The number of rotatable bonds is 3. The molecule has 1 aromatic carbocycles. The summed E-state index contributed by atoms with van der Waals surface area (Å²) in [6, 6.07) is 6.19. The van der Waals surface area contributed by atoms with Crippen LogP contribution < -0.4 is 14.8 Å². The van der Waals surface area contributed by atoms with Crippen molar-refractivity contribution < 1.29 is 29.9 Å². The van der Waals surface area contributed by atoms with Crippen molar-refractivity contribution in [2.75, 3.05) is 14.2 Å². The van der Waals surface area contributed by atoms with Crippen molar-refractivity contribution in [1.29, 1.82) is 0 Å². The van der Waals surface area contributed by atoms with Crippen molar-refractivity contribution in [3.05, 3.63) is 18.2 Å². The predicted octanol–water partition coefficient (Wildman–Crippen LogP) is 4.41. The number of hydrogen-bond acceptors (Lipinski definition) is 2. The summed E-state index contributed by atoms with van der Waals surface area (Å²) in [5.74, 6) is 1.79. The molecule has 0 unspecified atom stereocenters. The van der Waals surface area contributed by atoms with Crippen LogP contribution >= 0.6 is 7.92 Å². The normalized spacial score (nSPS) is 12.1. The Balaban J connectivity index is 0.00000361. The summed E-state index contributed by atoms with van der Waals surface area (Å²) in [5.41, 5.74) is 0. The van der Waals surface area contributed by atoms with Crippen molar-refractivity contribution in [2.45, 2.75) is 51.9 Å². The van der Waals surface area contributed by atoms with E-state index in [1.807, 2.05) is 12.1 Å². The van der Waals surface area contributed by atoms with Crippen LogP contribution in [-0.2, 0) is 20.4 Å². The van der Waals surface area contributed by atoms with Crippen molar-refractivity contribution in [3.63, 3.8) is 0 Å². The van der Waals surface area contributed by atoms with E-state index in [4.69, 9.17) is 9.47 Å². The molecule has 2 nitrogen and oxygen atoms in total. The van der Waals surface area contributed by atoms with Gasteiger partial charge in [0.25, 0.3) is 0 Å². The third-order valence-corrected chi connectivity index (χ3v) is 6.50. The van der Waals surface area contributed by atoms with Crippen LogP contribution in [0.3, 0.4) is 0 Å². The van der Waals surface area contributed by atoms with Gasteiger partial charge in [0.05, 0.1) is 14.2 Å². The fourth-order valence-electron chi connectivity index (χ4n) is 2.70. The molecule has 0 aliphatic heterocycles. The van der Waals surface area contributed by atoms with Crippen LogP contribution in [0.1, 0.15) is 41.5 Å². The van der Waals surface area contributed by atoms with Gasteiger partial charge in [0.15, 0.2) is 0 Å². The van der Waals surface area contributed by atoms with Gasteiger partial charge in [0.2, 0.25) is 0 Å². The first kappa shape index (κ1) is 19.9. The molecule has 0 atom stereocenters. The van der Waals surface area contributed by atoms with Gasteiger partial charge in [0.1, 0.15) is 11.5 Å². The van der Waals surface area contributed by atoms with E-state index in [0.29, 0.717) is 0 Å². The summed E-state index contributed by atoms with van der Waals surface area (Å²) in [4.78, 5) is 0. The molecule has 0 bridgehead atoms. The third kappa shape index (κ3) is 4.73. The van der Waals surface area contributed by atoms with Gasteiger partial charge in [-0.15, -0.1) is 0 Å². The van der Waals surface area contributed by atoms with Crippen LogP contribution in [0.5, 0.6) is 11.5 Å². The Morgan fingerprint density at radius 3 is 1.70 bits per heavy atom. The van der Waals surface area contributed by atoms with Crippen molar-refractivity contribution in [3.8, 4) is 11.5 Å². The van der Waals surface area contributed by atoms with Crippen LogP contribution in [0.2, 0.25) is 0 Å². The second-order valence-corrected chi connectivity index (χ2v) is 10.6. The Hall–Kier alpha value is -0.0877. The monoisotopic (exact) mass is 388 g/mol. The summed E-state index contributed by atoms with van der Waals surface area (Å²) in [7, 11) is 3.06. The molecule has 0 aliphatic rings. The maximum absolute atomic E-state index is 5.60. The number of benzene rings is 1. The van der Waals surface area contributed by atoms with Gasteiger partial charge in [-0.05, 0) is 22.4 Å². The van der Waals surface area contributed by atoms with Gasteiger partial charge in [-0.2, -0.15) is 0 Å².